The van der Waals surface area contributed by atoms with Gasteiger partial charge >= 0.3 is 0 Å². The molecular formula is C23H27N5O2. The van der Waals surface area contributed by atoms with Crippen LogP contribution in [-0.4, -0.2) is 44.1 Å². The number of nitrogens with two attached hydrogens (primary N) is 1. The second-order valence-corrected chi connectivity index (χ2v) is 8.16. The van der Waals surface area contributed by atoms with E-state index in [2.05, 4.69) is 5.10 Å². The molecule has 1 aliphatic heterocycles. The number of hydrogen-bond acceptors (Lipinski definition) is 4. The lowest BCUT2D eigenvalue weighted by molar-refractivity contribution is -0.119. The summed E-state index contributed by atoms with van der Waals surface area (Å²) in [7, 11) is 0. The van der Waals surface area contributed by atoms with E-state index in [0.29, 0.717) is 17.8 Å². The quantitative estimate of drug-likeness (QED) is 0.702. The summed E-state index contributed by atoms with van der Waals surface area (Å²) in [5, 5.41) is 5.23. The first-order chi connectivity index (χ1) is 14.5. The maximum atomic E-state index is 13.7. The van der Waals surface area contributed by atoms with Crippen molar-refractivity contribution in [3.63, 3.8) is 0 Å². The van der Waals surface area contributed by atoms with Crippen LogP contribution in [0.4, 0.5) is 0 Å². The van der Waals surface area contributed by atoms with Gasteiger partial charge in [-0.3, -0.25) is 9.59 Å². The molecule has 7 heteroatoms. The molecule has 156 valence electrons. The molecule has 3 heterocycles. The third kappa shape index (κ3) is 3.79. The van der Waals surface area contributed by atoms with Crippen LogP contribution in [0.15, 0.2) is 42.6 Å². The Kier molecular flexibility index (Phi) is 5.53. The van der Waals surface area contributed by atoms with Crippen molar-refractivity contribution < 1.29 is 9.59 Å². The first-order valence-corrected chi connectivity index (χ1v) is 10.5. The van der Waals surface area contributed by atoms with E-state index < -0.39 is 0 Å². The fraction of sp³-hybridized carbons (Fsp3) is 0.391. The van der Waals surface area contributed by atoms with Crippen molar-refractivity contribution in [2.75, 3.05) is 6.54 Å². The van der Waals surface area contributed by atoms with Crippen molar-refractivity contribution in [1.29, 1.82) is 0 Å². The van der Waals surface area contributed by atoms with Crippen molar-refractivity contribution in [2.45, 2.75) is 51.6 Å². The third-order valence-corrected chi connectivity index (χ3v) is 5.68. The molecule has 4 rings (SSSR count). The molecule has 1 aliphatic rings. The number of aromatic nitrogens is 3. The summed E-state index contributed by atoms with van der Waals surface area (Å²) in [6.07, 6.45) is 4.62. The molecule has 7 nitrogen and oxygen atoms in total. The second-order valence-electron chi connectivity index (χ2n) is 8.16. The summed E-state index contributed by atoms with van der Waals surface area (Å²) in [5.74, 6) is -0.467. The predicted octanol–water partition coefficient (Wildman–Crippen LogP) is 3.55. The molecule has 1 aromatic carbocycles. The average Bonchev–Trinajstić information content (AvgIpc) is 3.17. The molecule has 0 aliphatic carbocycles. The minimum atomic E-state index is -0.378. The van der Waals surface area contributed by atoms with Crippen LogP contribution in [0.2, 0.25) is 0 Å². The molecule has 2 amide bonds. The van der Waals surface area contributed by atoms with Crippen molar-refractivity contribution >= 4 is 22.8 Å². The Morgan fingerprint density at radius 2 is 1.97 bits per heavy atom. The molecule has 30 heavy (non-hydrogen) atoms. The Hall–Kier alpha value is -3.22. The fourth-order valence-electron chi connectivity index (χ4n) is 4.20. The van der Waals surface area contributed by atoms with Crippen LogP contribution in [0.5, 0.6) is 0 Å². The molecule has 0 spiro atoms. The van der Waals surface area contributed by atoms with Gasteiger partial charge in [-0.25, -0.2) is 9.67 Å². The number of fused-ring (bicyclic) bond motifs is 1. The van der Waals surface area contributed by atoms with Crippen molar-refractivity contribution in [3.8, 4) is 11.3 Å². The van der Waals surface area contributed by atoms with Gasteiger partial charge < -0.3 is 10.6 Å². The van der Waals surface area contributed by atoms with Crippen molar-refractivity contribution in [1.82, 2.24) is 19.7 Å². The zero-order valence-corrected chi connectivity index (χ0v) is 17.4. The summed E-state index contributed by atoms with van der Waals surface area (Å²) in [4.78, 5) is 31.9. The van der Waals surface area contributed by atoms with Crippen LogP contribution in [0.1, 0.15) is 55.9 Å². The molecule has 1 atom stereocenters. The van der Waals surface area contributed by atoms with Crippen LogP contribution in [0.3, 0.4) is 0 Å². The fourth-order valence-corrected chi connectivity index (χ4v) is 4.20. The van der Waals surface area contributed by atoms with Crippen LogP contribution >= 0.6 is 0 Å². The number of primary amides is 1. The van der Waals surface area contributed by atoms with Gasteiger partial charge in [-0.15, -0.1) is 0 Å². The van der Waals surface area contributed by atoms with Gasteiger partial charge in [0.15, 0.2) is 5.65 Å². The Morgan fingerprint density at radius 3 is 2.67 bits per heavy atom. The van der Waals surface area contributed by atoms with E-state index in [0.717, 1.165) is 35.9 Å². The van der Waals surface area contributed by atoms with Gasteiger partial charge in [-0.05, 0) is 39.2 Å². The molecule has 2 aromatic heterocycles. The van der Waals surface area contributed by atoms with Crippen LogP contribution < -0.4 is 5.73 Å². The zero-order valence-electron chi connectivity index (χ0n) is 17.4. The molecular weight excluding hydrogens is 378 g/mol. The number of carbonyl (C=O) groups is 2. The first-order valence-electron chi connectivity index (χ1n) is 10.5. The Bertz CT molecular complexity index is 1070. The highest BCUT2D eigenvalue weighted by Gasteiger charge is 2.30. The van der Waals surface area contributed by atoms with E-state index in [4.69, 9.17) is 10.7 Å². The highest BCUT2D eigenvalue weighted by atomic mass is 16.2. The Labute approximate surface area is 175 Å². The number of amides is 2. The Balaban J connectivity index is 1.84. The highest BCUT2D eigenvalue weighted by molar-refractivity contribution is 6.06. The van der Waals surface area contributed by atoms with Crippen molar-refractivity contribution in [2.24, 2.45) is 5.73 Å². The van der Waals surface area contributed by atoms with Gasteiger partial charge in [0.2, 0.25) is 5.91 Å². The highest BCUT2D eigenvalue weighted by Crippen LogP contribution is 2.29. The summed E-state index contributed by atoms with van der Waals surface area (Å²) in [6.45, 7) is 4.70. The molecule has 3 aromatic rings. The normalized spacial score (nSPS) is 16.9. The number of rotatable bonds is 5. The first kappa shape index (κ1) is 20.1. The van der Waals surface area contributed by atoms with Crippen LogP contribution in [0.25, 0.3) is 22.3 Å². The number of pyridine rings is 1. The lowest BCUT2D eigenvalue weighted by Crippen LogP contribution is -2.45. The van der Waals surface area contributed by atoms with E-state index in [1.54, 1.807) is 6.20 Å². The van der Waals surface area contributed by atoms with Crippen LogP contribution in [0, 0.1) is 0 Å². The summed E-state index contributed by atoms with van der Waals surface area (Å²) < 4.78 is 1.84. The van der Waals surface area contributed by atoms with E-state index in [1.807, 2.05) is 59.8 Å². The maximum Gasteiger partial charge on any atom is 0.255 e. The largest absolute Gasteiger partial charge is 0.370 e. The molecule has 0 radical (unpaired) electrons. The summed E-state index contributed by atoms with van der Waals surface area (Å²) in [6, 6.07) is 11.6. The van der Waals surface area contributed by atoms with E-state index >= 15 is 0 Å². The van der Waals surface area contributed by atoms with Gasteiger partial charge in [0.1, 0.15) is 0 Å². The molecule has 0 unspecified atom stereocenters. The zero-order chi connectivity index (χ0) is 21.3. The molecule has 2 N–H and O–H groups in total. The second kappa shape index (κ2) is 8.26. The molecule has 0 bridgehead atoms. The van der Waals surface area contributed by atoms with Gasteiger partial charge in [0, 0.05) is 30.6 Å². The number of benzene rings is 1. The minimum Gasteiger partial charge on any atom is -0.370 e. The SMILES string of the molecule is CC(C)n1ncc2c(C(=O)N3CCCC[C@@H]3CC(N)=O)cc(-c3ccccc3)nc21. The van der Waals surface area contributed by atoms with Crippen LogP contribution in [-0.2, 0) is 4.79 Å². The van der Waals surface area contributed by atoms with E-state index in [1.165, 1.54) is 0 Å². The monoisotopic (exact) mass is 405 g/mol. The number of carbonyl (C=O) groups excluding carboxylic acids is 2. The predicted molar refractivity (Wildman–Crippen MR) is 116 cm³/mol. The third-order valence-electron chi connectivity index (χ3n) is 5.68. The molecule has 1 saturated heterocycles. The summed E-state index contributed by atoms with van der Waals surface area (Å²) >= 11 is 0. The standard InChI is InChI=1S/C23H27N5O2/c1-15(2)28-22-19(14-25-28)18(13-20(26-22)16-8-4-3-5-9-16)23(30)27-11-7-6-10-17(27)12-21(24)29/h3-5,8-9,13-15,17H,6-7,10-12H2,1-2H3,(H2,24,29)/t17-/m1/s1. The number of hydrogen-bond donors (Lipinski definition) is 1. The molecule has 0 saturated carbocycles. The lowest BCUT2D eigenvalue weighted by atomic mass is 9.97. The van der Waals surface area contributed by atoms with E-state index in [-0.39, 0.29) is 30.3 Å². The number of likely N-dealkylation sites (tertiary alicyclic amines) is 1. The van der Waals surface area contributed by atoms with Gasteiger partial charge in [-0.1, -0.05) is 30.3 Å². The maximum absolute atomic E-state index is 13.7. The van der Waals surface area contributed by atoms with Crippen molar-refractivity contribution in [3.05, 3.63) is 48.2 Å². The Morgan fingerprint density at radius 1 is 1.20 bits per heavy atom. The topological polar surface area (TPSA) is 94.1 Å². The smallest absolute Gasteiger partial charge is 0.255 e. The minimum absolute atomic E-state index is 0.0890. The lowest BCUT2D eigenvalue weighted by Gasteiger charge is -2.35. The average molecular weight is 406 g/mol. The molecule has 1 fully saturated rings. The number of nitrogens with zero attached hydrogens (tertiary/aromatic N) is 4. The van der Waals surface area contributed by atoms with Gasteiger partial charge in [0.25, 0.3) is 5.91 Å². The number of piperidine rings is 1. The summed E-state index contributed by atoms with van der Waals surface area (Å²) in [5.41, 5.74) is 8.39. The van der Waals surface area contributed by atoms with E-state index in [9.17, 15) is 9.59 Å². The van der Waals surface area contributed by atoms with Gasteiger partial charge in [-0.2, -0.15) is 5.10 Å². The van der Waals surface area contributed by atoms with Gasteiger partial charge in [0.05, 0.1) is 22.8 Å².